The van der Waals surface area contributed by atoms with Crippen LogP contribution in [0.2, 0.25) is 0 Å². The number of amides is 1. The van der Waals surface area contributed by atoms with Crippen molar-refractivity contribution in [2.45, 2.75) is 6.04 Å². The fourth-order valence-electron chi connectivity index (χ4n) is 2.93. The molecule has 7 heteroatoms. The number of ether oxygens (including phenoxy) is 1. The molecule has 0 aliphatic rings. The molecule has 140 valence electrons. The number of nitrogens with zero attached hydrogens (tertiary/aromatic N) is 3. The van der Waals surface area contributed by atoms with Crippen molar-refractivity contribution in [2.75, 3.05) is 32.6 Å². The zero-order chi connectivity index (χ0) is 19.4. The standard InChI is InChI=1S/C20H23N5O2/c1-25(2)19-15-9-8-13(10-17(15)23-12-24-19)20(26)22-11-16(21)14-6-4-5-7-18(14)27-3/h4-10,12,16H,11,21H2,1-3H3,(H,22,26). The molecule has 0 bridgehead atoms. The molecule has 0 fully saturated rings. The van der Waals surface area contributed by atoms with E-state index in [2.05, 4.69) is 15.3 Å². The quantitative estimate of drug-likeness (QED) is 0.695. The number of carbonyl (C=O) groups is 1. The fraction of sp³-hybridized carbons (Fsp3) is 0.250. The number of methoxy groups -OCH3 is 1. The number of fused-ring (bicyclic) bond motifs is 1. The number of aromatic nitrogens is 2. The van der Waals surface area contributed by atoms with E-state index in [1.165, 1.54) is 6.33 Å². The molecule has 3 aromatic rings. The van der Waals surface area contributed by atoms with E-state index in [4.69, 9.17) is 10.5 Å². The van der Waals surface area contributed by atoms with Crippen molar-refractivity contribution in [3.8, 4) is 5.75 Å². The van der Waals surface area contributed by atoms with Crippen molar-refractivity contribution in [2.24, 2.45) is 5.73 Å². The largest absolute Gasteiger partial charge is 0.496 e. The summed E-state index contributed by atoms with van der Waals surface area (Å²) in [6.07, 6.45) is 1.50. The minimum Gasteiger partial charge on any atom is -0.496 e. The van der Waals surface area contributed by atoms with Gasteiger partial charge in [-0.3, -0.25) is 4.79 Å². The highest BCUT2D eigenvalue weighted by Crippen LogP contribution is 2.24. The van der Waals surface area contributed by atoms with Crippen LogP contribution in [-0.2, 0) is 0 Å². The van der Waals surface area contributed by atoms with Crippen LogP contribution >= 0.6 is 0 Å². The number of nitrogens with two attached hydrogens (primary N) is 1. The van der Waals surface area contributed by atoms with Crippen molar-refractivity contribution in [1.82, 2.24) is 15.3 Å². The molecule has 1 unspecified atom stereocenters. The van der Waals surface area contributed by atoms with E-state index in [0.717, 1.165) is 22.3 Å². The van der Waals surface area contributed by atoms with Gasteiger partial charge in [-0.05, 0) is 24.3 Å². The van der Waals surface area contributed by atoms with E-state index < -0.39 is 0 Å². The number of benzene rings is 2. The number of rotatable bonds is 6. The zero-order valence-electron chi connectivity index (χ0n) is 15.6. The Morgan fingerprint density at radius 2 is 2.00 bits per heavy atom. The Morgan fingerprint density at radius 3 is 2.74 bits per heavy atom. The van der Waals surface area contributed by atoms with Crippen LogP contribution in [0.5, 0.6) is 5.75 Å². The summed E-state index contributed by atoms with van der Waals surface area (Å²) >= 11 is 0. The predicted octanol–water partition coefficient (Wildman–Crippen LogP) is 2.13. The van der Waals surface area contributed by atoms with Gasteiger partial charge in [0, 0.05) is 37.2 Å². The van der Waals surface area contributed by atoms with Crippen molar-refractivity contribution in [3.63, 3.8) is 0 Å². The van der Waals surface area contributed by atoms with E-state index in [1.54, 1.807) is 19.2 Å². The molecule has 0 radical (unpaired) electrons. The molecular formula is C20H23N5O2. The van der Waals surface area contributed by atoms with Crippen LogP contribution in [0.15, 0.2) is 48.8 Å². The predicted molar refractivity (Wildman–Crippen MR) is 106 cm³/mol. The highest BCUT2D eigenvalue weighted by Gasteiger charge is 2.14. The van der Waals surface area contributed by atoms with Gasteiger partial charge in [-0.2, -0.15) is 0 Å². The van der Waals surface area contributed by atoms with Gasteiger partial charge in [0.2, 0.25) is 0 Å². The summed E-state index contributed by atoms with van der Waals surface area (Å²) in [6.45, 7) is 0.296. The van der Waals surface area contributed by atoms with Gasteiger partial charge < -0.3 is 20.7 Å². The second-order valence-electron chi connectivity index (χ2n) is 6.38. The monoisotopic (exact) mass is 365 g/mol. The Balaban J connectivity index is 1.74. The maximum absolute atomic E-state index is 12.5. The van der Waals surface area contributed by atoms with Gasteiger partial charge in [-0.25, -0.2) is 9.97 Å². The molecule has 1 atom stereocenters. The lowest BCUT2D eigenvalue weighted by Crippen LogP contribution is -2.32. The lowest BCUT2D eigenvalue weighted by molar-refractivity contribution is 0.0951. The van der Waals surface area contributed by atoms with Crippen LogP contribution in [0.3, 0.4) is 0 Å². The maximum Gasteiger partial charge on any atom is 0.251 e. The fourth-order valence-corrected chi connectivity index (χ4v) is 2.93. The lowest BCUT2D eigenvalue weighted by Gasteiger charge is -2.16. The van der Waals surface area contributed by atoms with Gasteiger partial charge in [-0.15, -0.1) is 0 Å². The highest BCUT2D eigenvalue weighted by atomic mass is 16.5. The average Bonchev–Trinajstić information content (AvgIpc) is 2.70. The number of hydrogen-bond acceptors (Lipinski definition) is 6. The molecule has 3 rings (SSSR count). The summed E-state index contributed by atoms with van der Waals surface area (Å²) in [5.41, 5.74) is 8.31. The molecule has 7 nitrogen and oxygen atoms in total. The summed E-state index contributed by atoms with van der Waals surface area (Å²) < 4.78 is 5.33. The topological polar surface area (TPSA) is 93.4 Å². The van der Waals surface area contributed by atoms with Crippen LogP contribution < -0.4 is 20.7 Å². The first-order valence-corrected chi connectivity index (χ1v) is 8.60. The first kappa shape index (κ1) is 18.6. The van der Waals surface area contributed by atoms with Crippen molar-refractivity contribution in [1.29, 1.82) is 0 Å². The first-order chi connectivity index (χ1) is 13.0. The molecular weight excluding hydrogens is 342 g/mol. The molecule has 1 amide bonds. The number of anilines is 1. The number of hydrogen-bond donors (Lipinski definition) is 2. The zero-order valence-corrected chi connectivity index (χ0v) is 15.6. The first-order valence-electron chi connectivity index (χ1n) is 8.60. The molecule has 0 aliphatic carbocycles. The van der Waals surface area contributed by atoms with Gasteiger partial charge in [-0.1, -0.05) is 18.2 Å². The second kappa shape index (κ2) is 8.01. The summed E-state index contributed by atoms with van der Waals surface area (Å²) in [5, 5.41) is 3.77. The van der Waals surface area contributed by atoms with Crippen molar-refractivity contribution < 1.29 is 9.53 Å². The van der Waals surface area contributed by atoms with Gasteiger partial charge >= 0.3 is 0 Å². The minimum atomic E-state index is -0.367. The number of nitrogens with one attached hydrogen (secondary N) is 1. The number of carbonyl (C=O) groups excluding carboxylic acids is 1. The van der Waals surface area contributed by atoms with Crippen LogP contribution in [0, 0.1) is 0 Å². The third kappa shape index (κ3) is 3.98. The Bertz CT molecular complexity index is 958. The Hall–Kier alpha value is -3.19. The molecule has 1 aromatic heterocycles. The van der Waals surface area contributed by atoms with Crippen LogP contribution in [0.4, 0.5) is 5.82 Å². The molecule has 0 aliphatic heterocycles. The van der Waals surface area contributed by atoms with Crippen LogP contribution in [-0.4, -0.2) is 43.6 Å². The SMILES string of the molecule is COc1ccccc1C(N)CNC(=O)c1ccc2c(N(C)C)ncnc2c1. The molecule has 3 N–H and O–H groups in total. The smallest absolute Gasteiger partial charge is 0.251 e. The van der Waals surface area contributed by atoms with E-state index in [1.807, 2.05) is 49.3 Å². The van der Waals surface area contributed by atoms with Crippen LogP contribution in [0.1, 0.15) is 22.0 Å². The molecule has 0 saturated carbocycles. The summed E-state index contributed by atoms with van der Waals surface area (Å²) in [6, 6.07) is 12.5. The van der Waals surface area contributed by atoms with Crippen molar-refractivity contribution >= 4 is 22.6 Å². The van der Waals surface area contributed by atoms with E-state index >= 15 is 0 Å². The van der Waals surface area contributed by atoms with Gasteiger partial charge in [0.15, 0.2) is 0 Å². The minimum absolute atomic E-state index is 0.202. The highest BCUT2D eigenvalue weighted by molar-refractivity contribution is 5.99. The van der Waals surface area contributed by atoms with Gasteiger partial charge in [0.25, 0.3) is 5.91 Å². The summed E-state index contributed by atoms with van der Waals surface area (Å²) in [7, 11) is 5.44. The normalized spacial score (nSPS) is 11.9. The molecule has 0 spiro atoms. The average molecular weight is 365 g/mol. The van der Waals surface area contributed by atoms with E-state index in [0.29, 0.717) is 17.9 Å². The van der Waals surface area contributed by atoms with Crippen molar-refractivity contribution in [3.05, 3.63) is 59.9 Å². The molecule has 27 heavy (non-hydrogen) atoms. The van der Waals surface area contributed by atoms with E-state index in [9.17, 15) is 4.79 Å². The molecule has 0 saturated heterocycles. The maximum atomic E-state index is 12.5. The van der Waals surface area contributed by atoms with E-state index in [-0.39, 0.29) is 11.9 Å². The lowest BCUT2D eigenvalue weighted by atomic mass is 10.1. The summed E-state index contributed by atoms with van der Waals surface area (Å²) in [4.78, 5) is 23.0. The second-order valence-corrected chi connectivity index (χ2v) is 6.38. The Labute approximate surface area is 158 Å². The third-order valence-electron chi connectivity index (χ3n) is 4.32. The Morgan fingerprint density at radius 1 is 1.22 bits per heavy atom. The van der Waals surface area contributed by atoms with Crippen LogP contribution in [0.25, 0.3) is 10.9 Å². The van der Waals surface area contributed by atoms with Gasteiger partial charge in [0.05, 0.1) is 18.7 Å². The molecule has 2 aromatic carbocycles. The summed E-state index contributed by atoms with van der Waals surface area (Å²) in [5.74, 6) is 1.32. The Kier molecular flexibility index (Phi) is 5.52. The van der Waals surface area contributed by atoms with Gasteiger partial charge in [0.1, 0.15) is 17.9 Å². The number of para-hydroxylation sites is 1. The third-order valence-corrected chi connectivity index (χ3v) is 4.32. The molecule has 1 heterocycles.